The van der Waals surface area contributed by atoms with Gasteiger partial charge in [0, 0.05) is 12.3 Å². The summed E-state index contributed by atoms with van der Waals surface area (Å²) in [5, 5.41) is 10.8. The van der Waals surface area contributed by atoms with Crippen LogP contribution in [0.1, 0.15) is 120 Å². The number of aliphatic hydroxyl groups is 1. The third-order valence-electron chi connectivity index (χ3n) is 12.3. The smallest absolute Gasteiger partial charge is 0.137 e. The van der Waals surface area contributed by atoms with E-state index in [1.807, 2.05) is 0 Å². The lowest BCUT2D eigenvalue weighted by molar-refractivity contribution is -0.200. The van der Waals surface area contributed by atoms with Crippen molar-refractivity contribution in [2.75, 3.05) is 0 Å². The summed E-state index contributed by atoms with van der Waals surface area (Å²) in [4.78, 5) is 14.1. The molecule has 0 bridgehead atoms. The van der Waals surface area contributed by atoms with Gasteiger partial charge < -0.3 is 5.11 Å². The summed E-state index contributed by atoms with van der Waals surface area (Å²) in [5.41, 5.74) is 0.434. The van der Waals surface area contributed by atoms with Crippen LogP contribution in [0.4, 0.5) is 0 Å². The number of Topliss-reactive ketones (excluding diaryl/α,β-unsaturated/α-hetero) is 1. The van der Waals surface area contributed by atoms with E-state index in [1.165, 1.54) is 44.9 Å². The number of rotatable bonds is 5. The van der Waals surface area contributed by atoms with E-state index < -0.39 is 0 Å². The van der Waals surface area contributed by atoms with Crippen LogP contribution in [0.3, 0.4) is 0 Å². The number of carbonyl (C=O) groups is 1. The second kappa shape index (κ2) is 8.10. The highest BCUT2D eigenvalue weighted by atomic mass is 16.3. The van der Waals surface area contributed by atoms with Crippen LogP contribution in [0, 0.1) is 57.2 Å². The zero-order valence-electron chi connectivity index (χ0n) is 22.5. The standard InChI is InChI=1S/C30H52O2/c1-19(2)10-9-11-20(3)21-14-17-29(7)22-12-13-24-27(4,5)25(32)15-16-28(24,6)26(22)23(31)18-30(21,29)8/h19-22,24-26,32H,9-18H2,1-8H3/t20-,21-,22-,24+,25+,26-,28+,29+,30-/m1/s1. The molecular weight excluding hydrogens is 392 g/mol. The van der Waals surface area contributed by atoms with E-state index in [0.29, 0.717) is 23.5 Å². The number of carbonyl (C=O) groups excluding carboxylic acids is 1. The second-order valence-corrected chi connectivity index (χ2v) is 14.5. The topological polar surface area (TPSA) is 37.3 Å². The lowest BCUT2D eigenvalue weighted by Crippen LogP contribution is -2.64. The molecule has 4 saturated carbocycles. The Morgan fingerprint density at radius 2 is 1.59 bits per heavy atom. The van der Waals surface area contributed by atoms with Gasteiger partial charge in [0.1, 0.15) is 5.78 Å². The Bertz CT molecular complexity index is 724. The Kier molecular flexibility index (Phi) is 6.26. The minimum Gasteiger partial charge on any atom is -0.393 e. The molecule has 0 aromatic carbocycles. The van der Waals surface area contributed by atoms with Crippen LogP contribution in [0.25, 0.3) is 0 Å². The van der Waals surface area contributed by atoms with Gasteiger partial charge in [0.25, 0.3) is 0 Å². The second-order valence-electron chi connectivity index (χ2n) is 14.5. The van der Waals surface area contributed by atoms with Crippen molar-refractivity contribution >= 4 is 5.78 Å². The van der Waals surface area contributed by atoms with Gasteiger partial charge in [-0.05, 0) is 89.8 Å². The Morgan fingerprint density at radius 1 is 0.906 bits per heavy atom. The number of hydrogen-bond donors (Lipinski definition) is 1. The molecule has 9 atom stereocenters. The first kappa shape index (κ1) is 24.7. The van der Waals surface area contributed by atoms with Crippen LogP contribution >= 0.6 is 0 Å². The molecule has 0 unspecified atom stereocenters. The summed E-state index contributed by atoms with van der Waals surface area (Å²) in [6.45, 7) is 19.2. The van der Waals surface area contributed by atoms with E-state index in [1.54, 1.807) is 0 Å². The molecule has 0 heterocycles. The van der Waals surface area contributed by atoms with Crippen molar-refractivity contribution < 1.29 is 9.90 Å². The normalized spacial score (nSPS) is 48.8. The van der Waals surface area contributed by atoms with Crippen molar-refractivity contribution in [3.05, 3.63) is 0 Å². The summed E-state index contributed by atoms with van der Waals surface area (Å²) in [6.07, 6.45) is 11.5. The third kappa shape index (κ3) is 3.39. The molecule has 0 aromatic rings. The third-order valence-corrected chi connectivity index (χ3v) is 12.3. The predicted octanol–water partition coefficient (Wildman–Crippen LogP) is 7.67. The van der Waals surface area contributed by atoms with E-state index in [-0.39, 0.29) is 33.7 Å². The molecule has 2 heteroatoms. The molecule has 0 aliphatic heterocycles. The number of aliphatic hydroxyl groups excluding tert-OH is 1. The van der Waals surface area contributed by atoms with Gasteiger partial charge in [0.2, 0.25) is 0 Å². The molecule has 4 rings (SSSR count). The molecule has 184 valence electrons. The number of hydrogen-bond acceptors (Lipinski definition) is 2. The van der Waals surface area contributed by atoms with Gasteiger partial charge in [-0.2, -0.15) is 0 Å². The quantitative estimate of drug-likeness (QED) is 0.472. The molecule has 0 aromatic heterocycles. The minimum absolute atomic E-state index is 0.0635. The first-order chi connectivity index (χ1) is 14.8. The van der Waals surface area contributed by atoms with Crippen molar-refractivity contribution in [2.45, 2.75) is 126 Å². The monoisotopic (exact) mass is 444 g/mol. The van der Waals surface area contributed by atoms with E-state index in [0.717, 1.165) is 31.1 Å². The van der Waals surface area contributed by atoms with Gasteiger partial charge in [-0.1, -0.05) is 74.7 Å². The molecule has 0 spiro atoms. The first-order valence-electron chi connectivity index (χ1n) is 14.0. The number of ketones is 1. The zero-order chi connectivity index (χ0) is 23.7. The van der Waals surface area contributed by atoms with Gasteiger partial charge in [0.05, 0.1) is 6.10 Å². The summed E-state index contributed by atoms with van der Waals surface area (Å²) in [6, 6.07) is 0. The van der Waals surface area contributed by atoms with Crippen molar-refractivity contribution in [1.82, 2.24) is 0 Å². The Labute approximate surface area is 198 Å². The predicted molar refractivity (Wildman–Crippen MR) is 133 cm³/mol. The van der Waals surface area contributed by atoms with Gasteiger partial charge in [-0.25, -0.2) is 0 Å². The fourth-order valence-corrected chi connectivity index (χ4v) is 10.3. The maximum absolute atomic E-state index is 14.1. The average Bonchev–Trinajstić information content (AvgIpc) is 2.96. The lowest BCUT2D eigenvalue weighted by atomic mass is 9.37. The molecule has 0 amide bonds. The van der Waals surface area contributed by atoms with Crippen molar-refractivity contribution in [1.29, 1.82) is 0 Å². The number of fused-ring (bicyclic) bond motifs is 5. The lowest BCUT2D eigenvalue weighted by Gasteiger charge is -2.66. The van der Waals surface area contributed by atoms with Crippen LogP contribution in [0.5, 0.6) is 0 Å². The Morgan fingerprint density at radius 3 is 2.25 bits per heavy atom. The van der Waals surface area contributed by atoms with Gasteiger partial charge in [0.15, 0.2) is 0 Å². The highest BCUT2D eigenvalue weighted by Crippen LogP contribution is 2.73. The first-order valence-corrected chi connectivity index (χ1v) is 14.0. The SMILES string of the molecule is CC(C)CCC[C@@H](C)[C@H]1CC[C@@]2(C)[C@@H]3CC[C@H]4C(C)(C)[C@@H](O)CC[C@]4(C)[C@H]3C(=O)C[C@]12C. The molecule has 1 N–H and O–H groups in total. The summed E-state index contributed by atoms with van der Waals surface area (Å²) in [5.74, 6) is 3.99. The molecule has 0 radical (unpaired) electrons. The fourth-order valence-electron chi connectivity index (χ4n) is 10.3. The van der Waals surface area contributed by atoms with Crippen LogP contribution in [-0.2, 0) is 4.79 Å². The average molecular weight is 445 g/mol. The van der Waals surface area contributed by atoms with E-state index in [2.05, 4.69) is 55.4 Å². The van der Waals surface area contributed by atoms with Crippen LogP contribution in [-0.4, -0.2) is 17.0 Å². The maximum atomic E-state index is 14.1. The van der Waals surface area contributed by atoms with Crippen LogP contribution < -0.4 is 0 Å². The van der Waals surface area contributed by atoms with E-state index in [4.69, 9.17) is 0 Å². The van der Waals surface area contributed by atoms with Crippen molar-refractivity contribution in [3.63, 3.8) is 0 Å². The summed E-state index contributed by atoms with van der Waals surface area (Å²) < 4.78 is 0. The molecule has 4 aliphatic rings. The molecule has 4 fully saturated rings. The zero-order valence-corrected chi connectivity index (χ0v) is 22.5. The fraction of sp³-hybridized carbons (Fsp3) is 0.967. The van der Waals surface area contributed by atoms with Gasteiger partial charge >= 0.3 is 0 Å². The highest BCUT2D eigenvalue weighted by molar-refractivity contribution is 5.84. The molecule has 32 heavy (non-hydrogen) atoms. The van der Waals surface area contributed by atoms with Crippen LogP contribution in [0.2, 0.25) is 0 Å². The van der Waals surface area contributed by atoms with Crippen LogP contribution in [0.15, 0.2) is 0 Å². The van der Waals surface area contributed by atoms with Gasteiger partial charge in [-0.15, -0.1) is 0 Å². The molecule has 4 aliphatic carbocycles. The largest absolute Gasteiger partial charge is 0.393 e. The van der Waals surface area contributed by atoms with E-state index in [9.17, 15) is 9.90 Å². The highest BCUT2D eigenvalue weighted by Gasteiger charge is 2.69. The maximum Gasteiger partial charge on any atom is 0.137 e. The molecular formula is C30H52O2. The Hall–Kier alpha value is -0.370. The summed E-state index contributed by atoms with van der Waals surface area (Å²) >= 11 is 0. The molecule has 2 nitrogen and oxygen atoms in total. The van der Waals surface area contributed by atoms with Crippen molar-refractivity contribution in [3.8, 4) is 0 Å². The molecule has 0 saturated heterocycles. The van der Waals surface area contributed by atoms with Crippen molar-refractivity contribution in [2.24, 2.45) is 57.2 Å². The van der Waals surface area contributed by atoms with Gasteiger partial charge in [-0.3, -0.25) is 4.79 Å². The summed E-state index contributed by atoms with van der Waals surface area (Å²) in [7, 11) is 0. The Balaban J connectivity index is 1.61. The van der Waals surface area contributed by atoms with E-state index >= 15 is 0 Å². The minimum atomic E-state index is -0.223.